The number of hydrogen-bond donors (Lipinski definition) is 2. The summed E-state index contributed by atoms with van der Waals surface area (Å²) in [4.78, 5) is 25.6. The molecule has 5 nitrogen and oxygen atoms in total. The predicted octanol–water partition coefficient (Wildman–Crippen LogP) is 5.64. The summed E-state index contributed by atoms with van der Waals surface area (Å²) >= 11 is 12.0. The van der Waals surface area contributed by atoms with Crippen LogP contribution < -0.4 is 15.4 Å². The Morgan fingerprint density at radius 1 is 0.839 bits per heavy atom. The minimum Gasteiger partial charge on any atom is -0.494 e. The van der Waals surface area contributed by atoms with E-state index in [1.807, 2.05) is 6.92 Å². The average molecular weight is 457 g/mol. The maximum Gasteiger partial charge on any atom is 0.253 e. The molecule has 0 aliphatic rings. The number of amides is 2. The van der Waals surface area contributed by atoms with Crippen LogP contribution in [0.1, 0.15) is 45.8 Å². The molecule has 7 heteroatoms. The van der Waals surface area contributed by atoms with E-state index in [0.29, 0.717) is 39.1 Å². The summed E-state index contributed by atoms with van der Waals surface area (Å²) in [6.45, 7) is 2.64. The van der Waals surface area contributed by atoms with Crippen molar-refractivity contribution in [2.45, 2.75) is 19.5 Å². The van der Waals surface area contributed by atoms with Crippen LogP contribution in [0.4, 0.5) is 0 Å². The molecule has 0 bridgehead atoms. The molecule has 160 valence electrons. The lowest BCUT2D eigenvalue weighted by Gasteiger charge is -2.21. The van der Waals surface area contributed by atoms with Gasteiger partial charge in [0.15, 0.2) is 0 Å². The molecule has 31 heavy (non-hydrogen) atoms. The molecular weight excluding hydrogens is 435 g/mol. The van der Waals surface area contributed by atoms with E-state index in [1.54, 1.807) is 72.8 Å². The van der Waals surface area contributed by atoms with Crippen molar-refractivity contribution in [3.8, 4) is 5.75 Å². The molecule has 0 fully saturated rings. The first-order chi connectivity index (χ1) is 15.0. The van der Waals surface area contributed by atoms with Crippen LogP contribution in [0.15, 0.2) is 72.8 Å². The molecule has 0 saturated heterocycles. The van der Waals surface area contributed by atoms with Gasteiger partial charge in [0, 0.05) is 21.2 Å². The molecule has 0 radical (unpaired) electrons. The average Bonchev–Trinajstić information content (AvgIpc) is 2.77. The highest BCUT2D eigenvalue weighted by atomic mass is 35.5. The van der Waals surface area contributed by atoms with Crippen LogP contribution in [-0.2, 0) is 0 Å². The van der Waals surface area contributed by atoms with Gasteiger partial charge in [-0.15, -0.1) is 0 Å². The normalized spacial score (nSPS) is 10.6. The number of carbonyl (C=O) groups excluding carboxylic acids is 2. The molecule has 0 aliphatic carbocycles. The lowest BCUT2D eigenvalue weighted by atomic mass is 10.1. The molecule has 0 unspecified atom stereocenters. The van der Waals surface area contributed by atoms with E-state index in [4.69, 9.17) is 27.9 Å². The molecule has 0 saturated carbocycles. The summed E-state index contributed by atoms with van der Waals surface area (Å²) in [6.07, 6.45) is 0.119. The number of hydrogen-bond acceptors (Lipinski definition) is 3. The molecular formula is C24H22Cl2N2O3. The number of halogens is 2. The van der Waals surface area contributed by atoms with Crippen LogP contribution in [0.2, 0.25) is 10.0 Å². The zero-order valence-corrected chi connectivity index (χ0v) is 18.4. The Morgan fingerprint density at radius 3 is 1.81 bits per heavy atom. The van der Waals surface area contributed by atoms with Crippen molar-refractivity contribution in [3.05, 3.63) is 99.5 Å². The predicted molar refractivity (Wildman–Crippen MR) is 123 cm³/mol. The standard InChI is InChI=1S/C24H22Cl2N2O3/c1-2-13-31-21-11-9-16(10-12-21)22(27-23(29)17-5-3-7-19(25)14-17)28-24(30)18-6-4-8-20(26)15-18/h3-12,14-15,22H,2,13H2,1H3,(H,27,29)(H,28,30). The van der Waals surface area contributed by atoms with Gasteiger partial charge in [-0.05, 0) is 60.5 Å². The maximum absolute atomic E-state index is 12.8. The third-order valence-electron chi connectivity index (χ3n) is 4.41. The lowest BCUT2D eigenvalue weighted by Crippen LogP contribution is -2.41. The van der Waals surface area contributed by atoms with Crippen LogP contribution in [0.5, 0.6) is 5.75 Å². The van der Waals surface area contributed by atoms with Crippen molar-refractivity contribution in [3.63, 3.8) is 0 Å². The van der Waals surface area contributed by atoms with E-state index in [9.17, 15) is 9.59 Å². The second kappa shape index (κ2) is 10.8. The fourth-order valence-corrected chi connectivity index (χ4v) is 3.25. The number of nitrogens with one attached hydrogen (secondary N) is 2. The highest BCUT2D eigenvalue weighted by Crippen LogP contribution is 2.19. The van der Waals surface area contributed by atoms with Gasteiger partial charge in [-0.3, -0.25) is 9.59 Å². The van der Waals surface area contributed by atoms with Gasteiger partial charge < -0.3 is 15.4 Å². The largest absolute Gasteiger partial charge is 0.494 e. The van der Waals surface area contributed by atoms with Crippen LogP contribution in [0.25, 0.3) is 0 Å². The van der Waals surface area contributed by atoms with Crippen molar-refractivity contribution < 1.29 is 14.3 Å². The number of carbonyl (C=O) groups is 2. The molecule has 3 rings (SSSR count). The van der Waals surface area contributed by atoms with Gasteiger partial charge in [0.25, 0.3) is 11.8 Å². The van der Waals surface area contributed by atoms with Gasteiger partial charge in [-0.2, -0.15) is 0 Å². The molecule has 2 amide bonds. The van der Waals surface area contributed by atoms with Crippen LogP contribution in [-0.4, -0.2) is 18.4 Å². The van der Waals surface area contributed by atoms with Gasteiger partial charge in [0.1, 0.15) is 11.9 Å². The molecule has 0 spiro atoms. The summed E-state index contributed by atoms with van der Waals surface area (Å²) in [5.74, 6) is -0.0258. The Hall–Kier alpha value is -3.02. The third-order valence-corrected chi connectivity index (χ3v) is 4.88. The first-order valence-electron chi connectivity index (χ1n) is 9.82. The summed E-state index contributed by atoms with van der Waals surface area (Å²) in [7, 11) is 0. The highest BCUT2D eigenvalue weighted by Gasteiger charge is 2.19. The van der Waals surface area contributed by atoms with Crippen molar-refractivity contribution in [1.82, 2.24) is 10.6 Å². The molecule has 0 aliphatic heterocycles. The Kier molecular flexibility index (Phi) is 7.93. The second-order valence-electron chi connectivity index (χ2n) is 6.82. The summed E-state index contributed by atoms with van der Waals surface area (Å²) in [5.41, 5.74) is 1.46. The zero-order chi connectivity index (χ0) is 22.2. The molecule has 0 heterocycles. The van der Waals surface area contributed by atoms with Gasteiger partial charge >= 0.3 is 0 Å². The van der Waals surface area contributed by atoms with E-state index < -0.39 is 6.17 Å². The van der Waals surface area contributed by atoms with Crippen molar-refractivity contribution >= 4 is 35.0 Å². The van der Waals surface area contributed by atoms with Gasteiger partial charge in [-0.25, -0.2) is 0 Å². The SMILES string of the molecule is CCCOc1ccc(C(NC(=O)c2cccc(Cl)c2)NC(=O)c2cccc(Cl)c2)cc1. The minimum atomic E-state index is -0.779. The first-order valence-corrected chi connectivity index (χ1v) is 10.6. The van der Waals surface area contributed by atoms with Crippen LogP contribution in [0, 0.1) is 0 Å². The molecule has 2 N–H and O–H groups in total. The Labute approximate surface area is 191 Å². The number of benzene rings is 3. The lowest BCUT2D eigenvalue weighted by molar-refractivity contribution is 0.0883. The number of ether oxygens (including phenoxy) is 1. The highest BCUT2D eigenvalue weighted by molar-refractivity contribution is 6.31. The maximum atomic E-state index is 12.8. The molecule has 0 aromatic heterocycles. The first kappa shape index (κ1) is 22.7. The third kappa shape index (κ3) is 6.48. The van der Waals surface area contributed by atoms with E-state index >= 15 is 0 Å². The van der Waals surface area contributed by atoms with Gasteiger partial charge in [0.05, 0.1) is 6.61 Å². The topological polar surface area (TPSA) is 67.4 Å². The van der Waals surface area contributed by atoms with Gasteiger partial charge in [0.2, 0.25) is 0 Å². The van der Waals surface area contributed by atoms with Crippen LogP contribution in [0.3, 0.4) is 0 Å². The molecule has 3 aromatic rings. The van der Waals surface area contributed by atoms with Crippen LogP contribution >= 0.6 is 23.2 Å². The van der Waals surface area contributed by atoms with E-state index in [-0.39, 0.29) is 11.8 Å². The minimum absolute atomic E-state index is 0.370. The molecule has 0 atom stereocenters. The van der Waals surface area contributed by atoms with E-state index in [1.165, 1.54) is 0 Å². The van der Waals surface area contributed by atoms with Crippen molar-refractivity contribution in [2.24, 2.45) is 0 Å². The summed E-state index contributed by atoms with van der Waals surface area (Å²) in [5, 5.41) is 6.60. The fourth-order valence-electron chi connectivity index (χ4n) is 2.87. The Bertz CT molecular complexity index is 995. The van der Waals surface area contributed by atoms with Gasteiger partial charge in [-0.1, -0.05) is 54.4 Å². The summed E-state index contributed by atoms with van der Waals surface area (Å²) in [6, 6.07) is 20.4. The molecule has 3 aromatic carbocycles. The Morgan fingerprint density at radius 2 is 1.35 bits per heavy atom. The fraction of sp³-hybridized carbons (Fsp3) is 0.167. The quantitative estimate of drug-likeness (QED) is 0.430. The van der Waals surface area contributed by atoms with Crippen molar-refractivity contribution in [1.29, 1.82) is 0 Å². The Balaban J connectivity index is 1.84. The van der Waals surface area contributed by atoms with Crippen molar-refractivity contribution in [2.75, 3.05) is 6.61 Å². The monoisotopic (exact) mass is 456 g/mol. The second-order valence-corrected chi connectivity index (χ2v) is 7.69. The zero-order valence-electron chi connectivity index (χ0n) is 16.9. The summed E-state index contributed by atoms with van der Waals surface area (Å²) < 4.78 is 5.61. The van der Waals surface area contributed by atoms with E-state index in [0.717, 1.165) is 6.42 Å². The smallest absolute Gasteiger partial charge is 0.253 e. The van der Waals surface area contributed by atoms with E-state index in [2.05, 4.69) is 10.6 Å². The number of rotatable bonds is 8.